The molecule has 0 aromatic heterocycles. The van der Waals surface area contributed by atoms with Crippen LogP contribution in [0.2, 0.25) is 5.02 Å². The average molecular weight is 335 g/mol. The van der Waals surface area contributed by atoms with Gasteiger partial charge >= 0.3 is 0 Å². The first-order valence-corrected chi connectivity index (χ1v) is 7.41. The predicted molar refractivity (Wildman–Crippen MR) is 77.6 cm³/mol. The summed E-state index contributed by atoms with van der Waals surface area (Å²) in [4.78, 5) is 11.9. The second-order valence-electron chi connectivity index (χ2n) is 4.13. The number of carbonyl (C=O) groups excluding carboxylic acids is 1. The highest BCUT2D eigenvalue weighted by Crippen LogP contribution is 2.23. The van der Waals surface area contributed by atoms with Gasteiger partial charge in [0.25, 0.3) is 5.91 Å². The Morgan fingerprint density at radius 1 is 1.56 bits per heavy atom. The van der Waals surface area contributed by atoms with Crippen LogP contribution in [0.4, 0.5) is 0 Å². The van der Waals surface area contributed by atoms with E-state index in [1.54, 1.807) is 6.07 Å². The fourth-order valence-corrected chi connectivity index (χ4v) is 2.42. The Kier molecular flexibility index (Phi) is 6.50. The van der Waals surface area contributed by atoms with Gasteiger partial charge in [-0.05, 0) is 30.5 Å². The molecule has 0 heterocycles. The third-order valence-corrected chi connectivity index (χ3v) is 3.62. The van der Waals surface area contributed by atoms with E-state index in [4.69, 9.17) is 11.6 Å². The molecule has 0 aliphatic carbocycles. The van der Waals surface area contributed by atoms with Gasteiger partial charge in [0.1, 0.15) is 5.75 Å². The van der Waals surface area contributed by atoms with Crippen molar-refractivity contribution in [3.05, 3.63) is 28.8 Å². The lowest BCUT2D eigenvalue weighted by molar-refractivity contribution is 0.0946. The number of phenolic OH excluding ortho intramolecular Hbond substituents is 1. The van der Waals surface area contributed by atoms with Crippen LogP contribution in [-0.4, -0.2) is 22.9 Å². The highest BCUT2D eigenvalue weighted by atomic mass is 79.9. The Hall–Kier alpha value is -0.740. The third-order valence-electron chi connectivity index (χ3n) is 2.86. The Bertz CT molecular complexity index is 412. The molecular weight excluding hydrogens is 318 g/mol. The molecular formula is C13H17BrClNO2. The fraction of sp³-hybridized carbons (Fsp3) is 0.462. The molecule has 1 aromatic rings. The number of nitrogens with one attached hydrogen (secondary N) is 1. The van der Waals surface area contributed by atoms with Crippen molar-refractivity contribution in [3.63, 3.8) is 0 Å². The molecule has 18 heavy (non-hydrogen) atoms. The molecule has 1 rings (SSSR count). The van der Waals surface area contributed by atoms with Crippen LogP contribution in [0, 0.1) is 5.92 Å². The van der Waals surface area contributed by atoms with Crippen LogP contribution in [0.3, 0.4) is 0 Å². The molecule has 0 spiro atoms. The predicted octanol–water partition coefficient (Wildman–Crippen LogP) is 3.59. The van der Waals surface area contributed by atoms with E-state index in [2.05, 4.69) is 28.2 Å². The number of rotatable bonds is 6. The molecule has 3 nitrogen and oxygen atoms in total. The number of aromatic hydroxyl groups is 1. The van der Waals surface area contributed by atoms with E-state index in [-0.39, 0.29) is 16.7 Å². The lowest BCUT2D eigenvalue weighted by Gasteiger charge is -2.14. The van der Waals surface area contributed by atoms with Crippen molar-refractivity contribution in [1.29, 1.82) is 0 Å². The molecule has 0 saturated carbocycles. The minimum absolute atomic E-state index is 0.0149. The molecule has 1 unspecified atom stereocenters. The van der Waals surface area contributed by atoms with Gasteiger partial charge in [-0.1, -0.05) is 40.9 Å². The minimum Gasteiger partial charge on any atom is -0.506 e. The van der Waals surface area contributed by atoms with Crippen molar-refractivity contribution in [2.24, 2.45) is 5.92 Å². The Morgan fingerprint density at radius 3 is 2.83 bits per heavy atom. The van der Waals surface area contributed by atoms with Crippen molar-refractivity contribution in [2.45, 2.75) is 19.8 Å². The summed E-state index contributed by atoms with van der Waals surface area (Å²) in [6, 6.07) is 4.45. The monoisotopic (exact) mass is 333 g/mol. The van der Waals surface area contributed by atoms with Crippen LogP contribution < -0.4 is 5.32 Å². The summed E-state index contributed by atoms with van der Waals surface area (Å²) < 4.78 is 0. The number of hydrogen-bond acceptors (Lipinski definition) is 2. The number of carbonyl (C=O) groups is 1. The first kappa shape index (κ1) is 15.3. The molecule has 0 aliphatic rings. The van der Waals surface area contributed by atoms with E-state index in [1.807, 2.05) is 0 Å². The summed E-state index contributed by atoms with van der Waals surface area (Å²) in [6.45, 7) is 2.76. The second-order valence-corrected chi connectivity index (χ2v) is 5.33. The molecule has 0 saturated heterocycles. The van der Waals surface area contributed by atoms with E-state index in [1.165, 1.54) is 12.1 Å². The molecule has 100 valence electrons. The molecule has 1 atom stereocenters. The first-order chi connectivity index (χ1) is 8.58. The lowest BCUT2D eigenvalue weighted by Crippen LogP contribution is -2.29. The summed E-state index contributed by atoms with van der Waals surface area (Å²) in [7, 11) is 0. The largest absolute Gasteiger partial charge is 0.506 e. The minimum atomic E-state index is -0.162. The van der Waals surface area contributed by atoms with Gasteiger partial charge in [-0.2, -0.15) is 0 Å². The number of halogens is 2. The lowest BCUT2D eigenvalue weighted by atomic mass is 10.0. The second kappa shape index (κ2) is 7.64. The molecule has 1 amide bonds. The van der Waals surface area contributed by atoms with Crippen molar-refractivity contribution >= 4 is 33.4 Å². The highest BCUT2D eigenvalue weighted by Gasteiger charge is 2.11. The maximum Gasteiger partial charge on any atom is 0.251 e. The van der Waals surface area contributed by atoms with Gasteiger partial charge in [0.15, 0.2) is 0 Å². The molecule has 1 aromatic carbocycles. The van der Waals surface area contributed by atoms with Crippen molar-refractivity contribution in [2.75, 3.05) is 11.9 Å². The number of alkyl halides is 1. The van der Waals surface area contributed by atoms with E-state index in [0.29, 0.717) is 18.0 Å². The van der Waals surface area contributed by atoms with Crippen molar-refractivity contribution in [1.82, 2.24) is 5.32 Å². The smallest absolute Gasteiger partial charge is 0.251 e. The molecule has 5 heteroatoms. The normalized spacial score (nSPS) is 12.2. The average Bonchev–Trinajstić information content (AvgIpc) is 2.37. The summed E-state index contributed by atoms with van der Waals surface area (Å²) in [6.07, 6.45) is 2.06. The topological polar surface area (TPSA) is 49.3 Å². The molecule has 0 aliphatic heterocycles. The van der Waals surface area contributed by atoms with Gasteiger partial charge in [-0.3, -0.25) is 4.79 Å². The van der Waals surface area contributed by atoms with Crippen LogP contribution in [0.5, 0.6) is 5.75 Å². The summed E-state index contributed by atoms with van der Waals surface area (Å²) in [5, 5.41) is 13.3. The van der Waals surface area contributed by atoms with Crippen molar-refractivity contribution in [3.8, 4) is 5.75 Å². The quantitative estimate of drug-likeness (QED) is 0.781. The van der Waals surface area contributed by atoms with Crippen LogP contribution in [0.25, 0.3) is 0 Å². The fourth-order valence-electron chi connectivity index (χ4n) is 1.59. The van der Waals surface area contributed by atoms with Gasteiger partial charge in [-0.15, -0.1) is 0 Å². The van der Waals surface area contributed by atoms with Crippen molar-refractivity contribution < 1.29 is 9.90 Å². The van der Waals surface area contributed by atoms with Crippen LogP contribution in [0.1, 0.15) is 30.1 Å². The van der Waals surface area contributed by atoms with E-state index in [9.17, 15) is 9.90 Å². The molecule has 0 fully saturated rings. The summed E-state index contributed by atoms with van der Waals surface area (Å²) >= 11 is 9.16. The highest BCUT2D eigenvalue weighted by molar-refractivity contribution is 9.09. The van der Waals surface area contributed by atoms with Crippen LogP contribution in [0.15, 0.2) is 18.2 Å². The number of phenols is 1. The van der Waals surface area contributed by atoms with E-state index < -0.39 is 0 Å². The first-order valence-electron chi connectivity index (χ1n) is 5.91. The van der Waals surface area contributed by atoms with Gasteiger partial charge in [0.05, 0.1) is 5.02 Å². The van der Waals surface area contributed by atoms with E-state index >= 15 is 0 Å². The Morgan fingerprint density at radius 2 is 2.28 bits per heavy atom. The Labute approximate surface area is 121 Å². The standard InChI is InChI=1S/C13H17BrClNO2/c1-2-9(5-6-14)8-16-13(18)10-3-4-12(17)11(15)7-10/h3-4,7,9,17H,2,5-6,8H2,1H3,(H,16,18). The zero-order valence-electron chi connectivity index (χ0n) is 10.2. The van der Waals surface area contributed by atoms with Crippen LogP contribution in [-0.2, 0) is 0 Å². The van der Waals surface area contributed by atoms with Crippen LogP contribution >= 0.6 is 27.5 Å². The number of amides is 1. The van der Waals surface area contributed by atoms with Gasteiger partial charge in [-0.25, -0.2) is 0 Å². The van der Waals surface area contributed by atoms with Gasteiger partial charge in [0, 0.05) is 17.4 Å². The summed E-state index contributed by atoms with van der Waals surface area (Å²) in [5.74, 6) is 0.296. The van der Waals surface area contributed by atoms with E-state index in [0.717, 1.165) is 18.2 Å². The zero-order valence-corrected chi connectivity index (χ0v) is 12.6. The maximum absolute atomic E-state index is 11.9. The molecule has 0 bridgehead atoms. The van der Waals surface area contributed by atoms with Gasteiger partial charge < -0.3 is 10.4 Å². The maximum atomic E-state index is 11.9. The molecule has 0 radical (unpaired) electrons. The third kappa shape index (κ3) is 4.50. The number of hydrogen-bond donors (Lipinski definition) is 2. The Balaban J connectivity index is 2.57. The summed E-state index contributed by atoms with van der Waals surface area (Å²) in [5.41, 5.74) is 0.464. The number of benzene rings is 1. The zero-order chi connectivity index (χ0) is 13.5. The molecule has 2 N–H and O–H groups in total. The SMILES string of the molecule is CCC(CCBr)CNC(=O)c1ccc(O)c(Cl)c1. The van der Waals surface area contributed by atoms with Gasteiger partial charge in [0.2, 0.25) is 0 Å².